The van der Waals surface area contributed by atoms with Crippen molar-refractivity contribution < 1.29 is 0 Å². The molecule has 1 saturated carbocycles. The van der Waals surface area contributed by atoms with E-state index in [2.05, 4.69) is 17.6 Å². The zero-order valence-electron chi connectivity index (χ0n) is 12.6. The lowest BCUT2D eigenvalue weighted by atomic mass is 9.94. The molecule has 0 aliphatic heterocycles. The number of benzene rings is 1. The largest absolute Gasteiger partial charge is 0.382 e. The molecule has 4 heteroatoms. The number of aromatic nitrogens is 1. The van der Waals surface area contributed by atoms with Crippen LogP contribution in [0.5, 0.6) is 0 Å². The first-order valence-electron chi connectivity index (χ1n) is 7.57. The molecule has 1 aliphatic carbocycles. The van der Waals surface area contributed by atoms with Crippen LogP contribution in [0, 0.1) is 0 Å². The molecule has 2 atom stereocenters. The van der Waals surface area contributed by atoms with Gasteiger partial charge in [-0.1, -0.05) is 24.6 Å². The van der Waals surface area contributed by atoms with E-state index >= 15 is 0 Å². The van der Waals surface area contributed by atoms with Crippen molar-refractivity contribution in [2.45, 2.75) is 37.0 Å². The molecule has 0 bridgehead atoms. The van der Waals surface area contributed by atoms with Gasteiger partial charge in [0.15, 0.2) is 0 Å². The van der Waals surface area contributed by atoms with E-state index in [0.717, 1.165) is 21.8 Å². The van der Waals surface area contributed by atoms with Crippen molar-refractivity contribution in [3.05, 3.63) is 40.7 Å². The van der Waals surface area contributed by atoms with Gasteiger partial charge >= 0.3 is 0 Å². The molecule has 2 aromatic rings. The Labute approximate surface area is 129 Å². The van der Waals surface area contributed by atoms with E-state index in [9.17, 15) is 4.79 Å². The van der Waals surface area contributed by atoms with E-state index in [4.69, 9.17) is 0 Å². The van der Waals surface area contributed by atoms with Crippen LogP contribution < -0.4 is 10.9 Å². The Morgan fingerprint density at radius 1 is 1.29 bits per heavy atom. The number of rotatable bonds is 3. The van der Waals surface area contributed by atoms with Crippen LogP contribution >= 0.6 is 11.8 Å². The molecule has 1 heterocycles. The number of hydrogen-bond donors (Lipinski definition) is 1. The van der Waals surface area contributed by atoms with Crippen LogP contribution in [0.25, 0.3) is 10.9 Å². The normalized spacial score (nSPS) is 22.4. The van der Waals surface area contributed by atoms with Gasteiger partial charge in [0.05, 0.1) is 5.52 Å². The Morgan fingerprint density at radius 3 is 2.90 bits per heavy atom. The van der Waals surface area contributed by atoms with E-state index in [-0.39, 0.29) is 5.56 Å². The summed E-state index contributed by atoms with van der Waals surface area (Å²) in [6.45, 7) is 0. The Morgan fingerprint density at radius 2 is 2.10 bits per heavy atom. The summed E-state index contributed by atoms with van der Waals surface area (Å²) in [6.07, 6.45) is 7.16. The van der Waals surface area contributed by atoms with Gasteiger partial charge in [0, 0.05) is 35.5 Å². The van der Waals surface area contributed by atoms with Crippen LogP contribution in [-0.4, -0.2) is 22.1 Å². The Kier molecular flexibility index (Phi) is 4.24. The average Bonchev–Trinajstić information content (AvgIpc) is 2.52. The third kappa shape index (κ3) is 2.95. The number of nitrogens with zero attached hydrogens (tertiary/aromatic N) is 1. The summed E-state index contributed by atoms with van der Waals surface area (Å²) in [5, 5.41) is 5.50. The summed E-state index contributed by atoms with van der Waals surface area (Å²) in [4.78, 5) is 12.1. The van der Waals surface area contributed by atoms with Gasteiger partial charge < -0.3 is 9.88 Å². The summed E-state index contributed by atoms with van der Waals surface area (Å²) >= 11 is 1.96. The molecule has 112 valence electrons. The van der Waals surface area contributed by atoms with E-state index in [1.54, 1.807) is 10.6 Å². The number of nitrogens with one attached hydrogen (secondary N) is 1. The fourth-order valence-corrected chi connectivity index (χ4v) is 4.07. The molecule has 3 rings (SSSR count). The van der Waals surface area contributed by atoms with Crippen molar-refractivity contribution in [3.8, 4) is 0 Å². The van der Waals surface area contributed by atoms with Gasteiger partial charge in [-0.25, -0.2) is 0 Å². The summed E-state index contributed by atoms with van der Waals surface area (Å²) in [5.41, 5.74) is 2.03. The molecule has 1 aromatic heterocycles. The average molecular weight is 302 g/mol. The van der Waals surface area contributed by atoms with Crippen LogP contribution in [0.2, 0.25) is 0 Å². The predicted octanol–water partition coefficient (Wildman–Crippen LogP) is 3.62. The minimum atomic E-state index is 0.0495. The zero-order chi connectivity index (χ0) is 14.8. The number of para-hydroxylation sites is 1. The number of aryl methyl sites for hydroxylation is 1. The van der Waals surface area contributed by atoms with Crippen molar-refractivity contribution in [2.75, 3.05) is 11.6 Å². The SMILES string of the molecule is CSC1CCCC(Nc2cc(=O)n(C)c3ccccc23)C1. The second-order valence-corrected chi connectivity index (χ2v) is 6.98. The number of anilines is 1. The Balaban J connectivity index is 1.94. The lowest BCUT2D eigenvalue weighted by Gasteiger charge is -2.29. The highest BCUT2D eigenvalue weighted by Crippen LogP contribution is 2.30. The highest BCUT2D eigenvalue weighted by Gasteiger charge is 2.21. The molecule has 3 nitrogen and oxygen atoms in total. The smallest absolute Gasteiger partial charge is 0.252 e. The highest BCUT2D eigenvalue weighted by molar-refractivity contribution is 7.99. The van der Waals surface area contributed by atoms with Gasteiger partial charge in [-0.2, -0.15) is 11.8 Å². The molecule has 1 N–H and O–H groups in total. The number of thioether (sulfide) groups is 1. The monoisotopic (exact) mass is 302 g/mol. The lowest BCUT2D eigenvalue weighted by molar-refractivity contribution is 0.474. The standard InChI is InChI=1S/C17H22N2OS/c1-19-16-9-4-3-8-14(16)15(11-17(19)20)18-12-6-5-7-13(10-12)21-2/h3-4,8-9,11-13,18H,5-7,10H2,1-2H3. The molecule has 1 fully saturated rings. The van der Waals surface area contributed by atoms with Gasteiger partial charge in [0.2, 0.25) is 0 Å². The van der Waals surface area contributed by atoms with Gasteiger partial charge in [-0.3, -0.25) is 4.79 Å². The molecular formula is C17H22N2OS. The van der Waals surface area contributed by atoms with Crippen molar-refractivity contribution >= 4 is 28.4 Å². The summed E-state index contributed by atoms with van der Waals surface area (Å²) < 4.78 is 1.71. The van der Waals surface area contributed by atoms with Crippen LogP contribution in [0.4, 0.5) is 5.69 Å². The molecule has 0 radical (unpaired) electrons. The van der Waals surface area contributed by atoms with Crippen molar-refractivity contribution in [2.24, 2.45) is 7.05 Å². The van der Waals surface area contributed by atoms with Gasteiger partial charge in [-0.15, -0.1) is 0 Å². The van der Waals surface area contributed by atoms with E-state index in [1.807, 2.05) is 37.0 Å². The van der Waals surface area contributed by atoms with Crippen LogP contribution in [0.3, 0.4) is 0 Å². The second kappa shape index (κ2) is 6.14. The van der Waals surface area contributed by atoms with Gasteiger partial charge in [0.1, 0.15) is 0 Å². The van der Waals surface area contributed by atoms with Crippen molar-refractivity contribution in [3.63, 3.8) is 0 Å². The maximum atomic E-state index is 12.1. The third-order valence-corrected chi connectivity index (χ3v) is 5.57. The summed E-state index contributed by atoms with van der Waals surface area (Å²) in [5.74, 6) is 0. The summed E-state index contributed by atoms with van der Waals surface area (Å²) in [6, 6.07) is 10.3. The minimum absolute atomic E-state index is 0.0495. The first kappa shape index (κ1) is 14.5. The number of pyridine rings is 1. The topological polar surface area (TPSA) is 34.0 Å². The van der Waals surface area contributed by atoms with Crippen LogP contribution in [0.15, 0.2) is 35.1 Å². The zero-order valence-corrected chi connectivity index (χ0v) is 13.5. The fraction of sp³-hybridized carbons (Fsp3) is 0.471. The molecule has 0 amide bonds. The maximum Gasteiger partial charge on any atom is 0.252 e. The van der Waals surface area contributed by atoms with Crippen molar-refractivity contribution in [1.29, 1.82) is 0 Å². The molecule has 0 saturated heterocycles. The Hall–Kier alpha value is -1.42. The molecule has 0 spiro atoms. The van der Waals surface area contributed by atoms with Crippen LogP contribution in [0.1, 0.15) is 25.7 Å². The fourth-order valence-electron chi connectivity index (χ4n) is 3.24. The lowest BCUT2D eigenvalue weighted by Crippen LogP contribution is -2.29. The molecule has 1 aromatic carbocycles. The second-order valence-electron chi connectivity index (χ2n) is 5.84. The first-order valence-corrected chi connectivity index (χ1v) is 8.86. The van der Waals surface area contributed by atoms with E-state index in [1.165, 1.54) is 25.7 Å². The number of fused-ring (bicyclic) bond motifs is 1. The maximum absolute atomic E-state index is 12.1. The summed E-state index contributed by atoms with van der Waals surface area (Å²) in [7, 11) is 1.83. The molecule has 21 heavy (non-hydrogen) atoms. The van der Waals surface area contributed by atoms with Gasteiger partial charge in [0.25, 0.3) is 5.56 Å². The Bertz CT molecular complexity index is 695. The number of hydrogen-bond acceptors (Lipinski definition) is 3. The predicted molar refractivity (Wildman–Crippen MR) is 92.4 cm³/mol. The third-order valence-electron chi connectivity index (χ3n) is 4.47. The van der Waals surface area contributed by atoms with Gasteiger partial charge in [-0.05, 0) is 31.6 Å². The highest BCUT2D eigenvalue weighted by atomic mass is 32.2. The van der Waals surface area contributed by atoms with Crippen molar-refractivity contribution in [1.82, 2.24) is 4.57 Å². The first-order chi connectivity index (χ1) is 10.2. The van der Waals surface area contributed by atoms with Crippen LogP contribution in [-0.2, 0) is 7.05 Å². The van der Waals surface area contributed by atoms with E-state index in [0.29, 0.717) is 6.04 Å². The van der Waals surface area contributed by atoms with E-state index < -0.39 is 0 Å². The molecule has 1 aliphatic rings. The molecule has 2 unspecified atom stereocenters. The quantitative estimate of drug-likeness (QED) is 0.940. The molecular weight excluding hydrogens is 280 g/mol. The minimum Gasteiger partial charge on any atom is -0.382 e.